The third-order valence-corrected chi connectivity index (χ3v) is 3.25. The summed E-state index contributed by atoms with van der Waals surface area (Å²) in [4.78, 5) is 19.0. The zero-order chi connectivity index (χ0) is 11.7. The standard InChI is InChI=1S/C8H17NO4P2/c1-2-3-4-5-6-9(7-14(10)11)8-15(12)13/h2-8H2,1H3/p+2. The summed E-state index contributed by atoms with van der Waals surface area (Å²) in [5.74, 6) is 0. The summed E-state index contributed by atoms with van der Waals surface area (Å²) in [6, 6.07) is 0. The highest BCUT2D eigenvalue weighted by Crippen LogP contribution is 2.21. The fourth-order valence-electron chi connectivity index (χ4n) is 1.29. The zero-order valence-corrected chi connectivity index (χ0v) is 10.8. The van der Waals surface area contributed by atoms with E-state index in [1.807, 2.05) is 0 Å². The summed E-state index contributed by atoms with van der Waals surface area (Å²) in [6.45, 7) is 2.72. The fourth-order valence-corrected chi connectivity index (χ4v) is 2.62. The monoisotopic (exact) mass is 255 g/mol. The quantitative estimate of drug-likeness (QED) is 0.488. The highest BCUT2D eigenvalue weighted by Gasteiger charge is 2.25. The van der Waals surface area contributed by atoms with Gasteiger partial charge in [-0.05, 0) is 15.6 Å². The molecule has 0 saturated heterocycles. The van der Waals surface area contributed by atoms with E-state index in [1.165, 1.54) is 0 Å². The van der Waals surface area contributed by atoms with Crippen molar-refractivity contribution < 1.29 is 18.9 Å². The Kier molecular flexibility index (Phi) is 9.37. The summed E-state index contributed by atoms with van der Waals surface area (Å²) in [7, 11) is -4.52. The minimum absolute atomic E-state index is 0.0108. The van der Waals surface area contributed by atoms with Gasteiger partial charge in [-0.3, -0.25) is 0 Å². The van der Waals surface area contributed by atoms with E-state index in [-0.39, 0.29) is 12.6 Å². The Bertz CT molecular complexity index is 197. The molecule has 2 unspecified atom stereocenters. The second kappa shape index (κ2) is 9.32. The predicted octanol–water partition coefficient (Wildman–Crippen LogP) is 2.25. The maximum atomic E-state index is 10.6. The molecule has 0 rings (SSSR count). The van der Waals surface area contributed by atoms with Crippen LogP contribution in [0.3, 0.4) is 0 Å². The molecule has 0 bridgehead atoms. The van der Waals surface area contributed by atoms with Gasteiger partial charge in [0.05, 0.1) is 0 Å². The summed E-state index contributed by atoms with van der Waals surface area (Å²) >= 11 is 0. The van der Waals surface area contributed by atoms with Crippen molar-refractivity contribution in [2.24, 2.45) is 0 Å². The van der Waals surface area contributed by atoms with Crippen molar-refractivity contribution in [2.45, 2.75) is 32.6 Å². The summed E-state index contributed by atoms with van der Waals surface area (Å²) in [6.07, 6.45) is 4.19. The first-order chi connectivity index (χ1) is 7.06. The van der Waals surface area contributed by atoms with Gasteiger partial charge >= 0.3 is 16.1 Å². The highest BCUT2D eigenvalue weighted by molar-refractivity contribution is 7.38. The van der Waals surface area contributed by atoms with Crippen LogP contribution in [-0.4, -0.2) is 33.8 Å². The Labute approximate surface area is 92.2 Å². The average molecular weight is 255 g/mol. The smallest absolute Gasteiger partial charge is 0.215 e. The number of hydrogen-bond acceptors (Lipinski definition) is 3. The Morgan fingerprint density at radius 3 is 1.93 bits per heavy atom. The van der Waals surface area contributed by atoms with Crippen LogP contribution >= 0.6 is 16.1 Å². The van der Waals surface area contributed by atoms with Crippen molar-refractivity contribution in [1.29, 1.82) is 0 Å². The minimum Gasteiger partial charge on any atom is -0.215 e. The highest BCUT2D eigenvalue weighted by atomic mass is 31.1. The van der Waals surface area contributed by atoms with E-state index >= 15 is 0 Å². The second-order valence-corrected chi connectivity index (χ2v) is 5.42. The molecular formula is C8H19NO4P2+2. The van der Waals surface area contributed by atoms with E-state index in [9.17, 15) is 9.13 Å². The normalized spacial score (nSPS) is 13.1. The van der Waals surface area contributed by atoms with Crippen LogP contribution in [0.4, 0.5) is 0 Å². The fraction of sp³-hybridized carbons (Fsp3) is 1.00. The molecule has 0 aliphatic carbocycles. The molecule has 0 amide bonds. The number of rotatable bonds is 9. The SMILES string of the molecule is CCCCCCN(C[P+](=O)O)C[P+](=O)O. The maximum absolute atomic E-state index is 10.6. The van der Waals surface area contributed by atoms with Gasteiger partial charge in [0.25, 0.3) is 0 Å². The van der Waals surface area contributed by atoms with Gasteiger partial charge in [-0.25, -0.2) is 4.90 Å². The van der Waals surface area contributed by atoms with Crippen molar-refractivity contribution in [3.05, 3.63) is 0 Å². The Morgan fingerprint density at radius 1 is 1.00 bits per heavy atom. The van der Waals surface area contributed by atoms with Crippen LogP contribution in [0.1, 0.15) is 32.6 Å². The second-order valence-electron chi connectivity index (χ2n) is 3.44. The molecule has 2 atom stereocenters. The van der Waals surface area contributed by atoms with Crippen molar-refractivity contribution in [1.82, 2.24) is 4.90 Å². The summed E-state index contributed by atoms with van der Waals surface area (Å²) in [5, 5.41) is 0. The van der Waals surface area contributed by atoms with Crippen LogP contribution < -0.4 is 0 Å². The molecule has 2 N–H and O–H groups in total. The van der Waals surface area contributed by atoms with Crippen LogP contribution in [0.5, 0.6) is 0 Å². The largest absolute Gasteiger partial charge is 0.521 e. The van der Waals surface area contributed by atoms with E-state index in [1.54, 1.807) is 4.90 Å². The van der Waals surface area contributed by atoms with E-state index in [0.717, 1.165) is 25.7 Å². The van der Waals surface area contributed by atoms with Crippen molar-refractivity contribution in [2.75, 3.05) is 19.1 Å². The van der Waals surface area contributed by atoms with E-state index in [2.05, 4.69) is 6.92 Å². The lowest BCUT2D eigenvalue weighted by Crippen LogP contribution is -2.23. The molecule has 7 heteroatoms. The number of nitrogens with zero attached hydrogens (tertiary/aromatic N) is 1. The van der Waals surface area contributed by atoms with Gasteiger partial charge in [-0.15, -0.1) is 0 Å². The lowest BCUT2D eigenvalue weighted by Gasteiger charge is -2.09. The molecule has 0 radical (unpaired) electrons. The maximum Gasteiger partial charge on any atom is 0.521 e. The lowest BCUT2D eigenvalue weighted by atomic mass is 10.2. The summed E-state index contributed by atoms with van der Waals surface area (Å²) in [5.41, 5.74) is 0. The molecule has 0 spiro atoms. The van der Waals surface area contributed by atoms with Gasteiger partial charge < -0.3 is 0 Å². The topological polar surface area (TPSA) is 77.8 Å². The molecule has 0 aromatic rings. The number of hydrogen-bond donors (Lipinski definition) is 2. The first-order valence-electron chi connectivity index (χ1n) is 5.05. The Balaban J connectivity index is 3.79. The molecule has 0 saturated carbocycles. The van der Waals surface area contributed by atoms with Crippen molar-refractivity contribution in [3.63, 3.8) is 0 Å². The lowest BCUT2D eigenvalue weighted by molar-refractivity contribution is 0.329. The summed E-state index contributed by atoms with van der Waals surface area (Å²) < 4.78 is 21.2. The molecule has 0 aromatic carbocycles. The molecule has 0 aromatic heterocycles. The van der Waals surface area contributed by atoms with E-state index in [4.69, 9.17) is 9.79 Å². The van der Waals surface area contributed by atoms with Gasteiger partial charge in [0.2, 0.25) is 12.6 Å². The Morgan fingerprint density at radius 2 is 1.53 bits per heavy atom. The molecule has 15 heavy (non-hydrogen) atoms. The molecule has 0 fully saturated rings. The third kappa shape index (κ3) is 10.4. The van der Waals surface area contributed by atoms with Gasteiger partial charge in [-0.1, -0.05) is 26.2 Å². The van der Waals surface area contributed by atoms with Crippen LogP contribution in [0.25, 0.3) is 0 Å². The molecule has 88 valence electrons. The van der Waals surface area contributed by atoms with Gasteiger partial charge in [-0.2, -0.15) is 9.79 Å². The number of unbranched alkanes of at least 4 members (excludes halogenated alkanes) is 3. The van der Waals surface area contributed by atoms with Crippen LogP contribution in [0, 0.1) is 0 Å². The van der Waals surface area contributed by atoms with Crippen LogP contribution in [-0.2, 0) is 9.13 Å². The van der Waals surface area contributed by atoms with Crippen LogP contribution in [0.15, 0.2) is 0 Å². The van der Waals surface area contributed by atoms with Gasteiger partial charge in [0.1, 0.15) is 0 Å². The average Bonchev–Trinajstić information content (AvgIpc) is 2.10. The van der Waals surface area contributed by atoms with Crippen molar-refractivity contribution in [3.8, 4) is 0 Å². The minimum atomic E-state index is -2.26. The zero-order valence-electron chi connectivity index (χ0n) is 9.00. The molecule has 0 aliphatic rings. The first kappa shape index (κ1) is 15.1. The van der Waals surface area contributed by atoms with Gasteiger partial charge in [0, 0.05) is 6.54 Å². The molecule has 5 nitrogen and oxygen atoms in total. The molecule has 0 aliphatic heterocycles. The molecular weight excluding hydrogens is 236 g/mol. The predicted molar refractivity (Wildman–Crippen MR) is 60.2 cm³/mol. The first-order valence-corrected chi connectivity index (χ1v) is 7.85. The Hall–Kier alpha value is 0.0800. The van der Waals surface area contributed by atoms with Crippen LogP contribution in [0.2, 0.25) is 0 Å². The van der Waals surface area contributed by atoms with Crippen molar-refractivity contribution >= 4 is 16.1 Å². The van der Waals surface area contributed by atoms with Gasteiger partial charge in [0.15, 0.2) is 0 Å². The van der Waals surface area contributed by atoms with E-state index in [0.29, 0.717) is 6.54 Å². The molecule has 0 heterocycles. The van der Waals surface area contributed by atoms with E-state index < -0.39 is 16.1 Å². The third-order valence-electron chi connectivity index (χ3n) is 1.97.